The van der Waals surface area contributed by atoms with Gasteiger partial charge in [0, 0.05) is 20.3 Å². The number of hydrogen-bond acceptors (Lipinski definition) is 5. The first-order valence-electron chi connectivity index (χ1n) is 5.63. The number of nitrogens with zero attached hydrogens (tertiary/aromatic N) is 3. The SMILES string of the molecule is Cn1cc(S(=O)(=O)Nc2ccc(Cl)nc2)c(=O)n(C)c1=O. The highest BCUT2D eigenvalue weighted by molar-refractivity contribution is 7.92. The zero-order chi connectivity index (χ0) is 15.8. The van der Waals surface area contributed by atoms with Gasteiger partial charge in [-0.15, -0.1) is 0 Å². The summed E-state index contributed by atoms with van der Waals surface area (Å²) < 4.78 is 28.4. The second kappa shape index (κ2) is 5.34. The molecule has 0 aliphatic carbocycles. The highest BCUT2D eigenvalue weighted by Crippen LogP contribution is 2.13. The van der Waals surface area contributed by atoms with Crippen LogP contribution in [-0.2, 0) is 24.1 Å². The maximum Gasteiger partial charge on any atom is 0.330 e. The maximum atomic E-state index is 12.2. The third-order valence-electron chi connectivity index (χ3n) is 2.68. The fraction of sp³-hybridized carbons (Fsp3) is 0.182. The van der Waals surface area contributed by atoms with E-state index in [1.165, 1.54) is 32.4 Å². The number of anilines is 1. The van der Waals surface area contributed by atoms with E-state index >= 15 is 0 Å². The lowest BCUT2D eigenvalue weighted by molar-refractivity contribution is 0.589. The maximum absolute atomic E-state index is 12.2. The molecule has 0 aromatic carbocycles. The van der Waals surface area contributed by atoms with Crippen LogP contribution in [0.2, 0.25) is 5.15 Å². The fourth-order valence-electron chi connectivity index (χ4n) is 1.61. The average Bonchev–Trinajstić information content (AvgIpc) is 2.42. The van der Waals surface area contributed by atoms with E-state index in [4.69, 9.17) is 11.6 Å². The summed E-state index contributed by atoms with van der Waals surface area (Å²) in [5, 5.41) is 0.205. The summed E-state index contributed by atoms with van der Waals surface area (Å²) in [6.45, 7) is 0. The number of hydrogen-bond donors (Lipinski definition) is 1. The van der Waals surface area contributed by atoms with Gasteiger partial charge in [-0.2, -0.15) is 0 Å². The molecule has 0 unspecified atom stereocenters. The molecule has 0 saturated heterocycles. The predicted octanol–water partition coefficient (Wildman–Crippen LogP) is -0.0668. The predicted molar refractivity (Wildman–Crippen MR) is 77.0 cm³/mol. The van der Waals surface area contributed by atoms with Gasteiger partial charge < -0.3 is 4.57 Å². The molecule has 2 aromatic heterocycles. The molecule has 0 aliphatic rings. The van der Waals surface area contributed by atoms with Gasteiger partial charge in [0.1, 0.15) is 5.15 Å². The Bertz CT molecular complexity index is 899. The van der Waals surface area contributed by atoms with Gasteiger partial charge in [0.15, 0.2) is 4.90 Å². The lowest BCUT2D eigenvalue weighted by atomic mass is 10.4. The van der Waals surface area contributed by atoms with Crippen LogP contribution in [-0.4, -0.2) is 22.5 Å². The zero-order valence-electron chi connectivity index (χ0n) is 11.1. The molecule has 10 heteroatoms. The van der Waals surface area contributed by atoms with E-state index in [2.05, 4.69) is 9.71 Å². The number of halogens is 1. The van der Waals surface area contributed by atoms with Crippen molar-refractivity contribution in [2.45, 2.75) is 4.90 Å². The molecule has 1 N–H and O–H groups in total. The van der Waals surface area contributed by atoms with Crippen molar-refractivity contribution in [3.63, 3.8) is 0 Å². The molecule has 0 radical (unpaired) electrons. The van der Waals surface area contributed by atoms with Gasteiger partial charge in [0.2, 0.25) is 0 Å². The van der Waals surface area contributed by atoms with Crippen molar-refractivity contribution < 1.29 is 8.42 Å². The van der Waals surface area contributed by atoms with Gasteiger partial charge in [-0.3, -0.25) is 14.1 Å². The quantitative estimate of drug-likeness (QED) is 0.794. The summed E-state index contributed by atoms with van der Waals surface area (Å²) >= 11 is 5.60. The second-order valence-electron chi connectivity index (χ2n) is 4.23. The van der Waals surface area contributed by atoms with Crippen molar-refractivity contribution in [2.75, 3.05) is 4.72 Å². The Labute approximate surface area is 124 Å². The van der Waals surface area contributed by atoms with Crippen molar-refractivity contribution >= 4 is 27.3 Å². The van der Waals surface area contributed by atoms with Gasteiger partial charge in [-0.1, -0.05) is 11.6 Å². The first-order valence-corrected chi connectivity index (χ1v) is 7.49. The number of pyridine rings is 1. The Hall–Kier alpha value is -2.13. The summed E-state index contributed by atoms with van der Waals surface area (Å²) in [5.41, 5.74) is -1.38. The molecule has 112 valence electrons. The van der Waals surface area contributed by atoms with E-state index in [1.54, 1.807) is 0 Å². The van der Waals surface area contributed by atoms with Gasteiger partial charge in [0.25, 0.3) is 15.6 Å². The van der Waals surface area contributed by atoms with Crippen LogP contribution in [0.1, 0.15) is 0 Å². The van der Waals surface area contributed by atoms with Crippen LogP contribution >= 0.6 is 11.6 Å². The number of aromatic nitrogens is 3. The molecular weight excluding hydrogens is 320 g/mol. The largest absolute Gasteiger partial charge is 0.330 e. The Balaban J connectivity index is 2.53. The Morgan fingerprint density at radius 2 is 1.90 bits per heavy atom. The fourth-order valence-corrected chi connectivity index (χ4v) is 2.92. The molecule has 21 heavy (non-hydrogen) atoms. The van der Waals surface area contributed by atoms with Crippen molar-refractivity contribution in [2.24, 2.45) is 14.1 Å². The highest BCUT2D eigenvalue weighted by Gasteiger charge is 2.21. The van der Waals surface area contributed by atoms with Crippen molar-refractivity contribution in [1.82, 2.24) is 14.1 Å². The minimum atomic E-state index is -4.14. The van der Waals surface area contributed by atoms with Gasteiger partial charge >= 0.3 is 5.69 Å². The topological polar surface area (TPSA) is 103 Å². The molecule has 0 atom stereocenters. The third-order valence-corrected chi connectivity index (χ3v) is 4.27. The number of rotatable bonds is 3. The number of aryl methyl sites for hydroxylation is 1. The van der Waals surface area contributed by atoms with Crippen molar-refractivity contribution in [3.05, 3.63) is 50.5 Å². The van der Waals surface area contributed by atoms with E-state index in [0.29, 0.717) is 4.57 Å². The zero-order valence-corrected chi connectivity index (χ0v) is 12.6. The molecule has 0 fully saturated rings. The summed E-state index contributed by atoms with van der Waals surface area (Å²) in [4.78, 5) is 26.7. The Kier molecular flexibility index (Phi) is 3.88. The minimum Gasteiger partial charge on any atom is -0.302 e. The molecular formula is C11H11ClN4O4S. The molecule has 0 bridgehead atoms. The van der Waals surface area contributed by atoms with Crippen LogP contribution in [0.4, 0.5) is 5.69 Å². The molecule has 0 saturated carbocycles. The lowest BCUT2D eigenvalue weighted by Crippen LogP contribution is -2.40. The first kappa shape index (κ1) is 15.3. The van der Waals surface area contributed by atoms with Gasteiger partial charge in [-0.05, 0) is 12.1 Å². The average molecular weight is 331 g/mol. The third kappa shape index (κ3) is 2.98. The molecule has 0 amide bonds. The van der Waals surface area contributed by atoms with Crippen LogP contribution in [0.5, 0.6) is 0 Å². The minimum absolute atomic E-state index is 0.148. The molecule has 2 heterocycles. The van der Waals surface area contributed by atoms with E-state index < -0.39 is 26.2 Å². The van der Waals surface area contributed by atoms with Crippen LogP contribution in [0.25, 0.3) is 0 Å². The highest BCUT2D eigenvalue weighted by atomic mass is 35.5. The molecule has 8 nitrogen and oxygen atoms in total. The standard InChI is InChI=1S/C11H11ClN4O4S/c1-15-6-8(10(17)16(2)11(15)18)21(19,20)14-7-3-4-9(12)13-5-7/h3-6,14H,1-2H3. The smallest absolute Gasteiger partial charge is 0.302 e. The summed E-state index contributed by atoms with van der Waals surface area (Å²) in [6.07, 6.45) is 2.18. The number of nitrogens with one attached hydrogen (secondary N) is 1. The summed E-state index contributed by atoms with van der Waals surface area (Å²) in [6, 6.07) is 2.80. The van der Waals surface area contributed by atoms with E-state index in [9.17, 15) is 18.0 Å². The van der Waals surface area contributed by atoms with Crippen LogP contribution < -0.4 is 16.0 Å². The molecule has 2 aromatic rings. The van der Waals surface area contributed by atoms with E-state index in [-0.39, 0.29) is 10.8 Å². The first-order chi connectivity index (χ1) is 9.72. The lowest BCUT2D eigenvalue weighted by Gasteiger charge is -2.09. The summed E-state index contributed by atoms with van der Waals surface area (Å²) in [5.74, 6) is 0. The van der Waals surface area contributed by atoms with E-state index in [0.717, 1.165) is 10.8 Å². The van der Waals surface area contributed by atoms with Crippen LogP contribution in [0.15, 0.2) is 39.0 Å². The Morgan fingerprint density at radius 3 is 2.48 bits per heavy atom. The van der Waals surface area contributed by atoms with Crippen LogP contribution in [0, 0.1) is 0 Å². The molecule has 2 rings (SSSR count). The molecule has 0 aliphatic heterocycles. The van der Waals surface area contributed by atoms with E-state index in [1.807, 2.05) is 0 Å². The second-order valence-corrected chi connectivity index (χ2v) is 6.26. The summed E-state index contributed by atoms with van der Waals surface area (Å²) in [7, 11) is -1.59. The Morgan fingerprint density at radius 1 is 1.24 bits per heavy atom. The van der Waals surface area contributed by atoms with Gasteiger partial charge in [-0.25, -0.2) is 18.2 Å². The molecule has 0 spiro atoms. The van der Waals surface area contributed by atoms with Crippen LogP contribution in [0.3, 0.4) is 0 Å². The van der Waals surface area contributed by atoms with Crippen molar-refractivity contribution in [1.29, 1.82) is 0 Å². The normalized spacial score (nSPS) is 11.4. The number of sulfonamides is 1. The van der Waals surface area contributed by atoms with Gasteiger partial charge in [0.05, 0.1) is 11.9 Å². The van der Waals surface area contributed by atoms with Crippen molar-refractivity contribution in [3.8, 4) is 0 Å². The monoisotopic (exact) mass is 330 g/mol.